The van der Waals surface area contributed by atoms with E-state index in [1.165, 1.54) is 6.07 Å². The first-order valence-corrected chi connectivity index (χ1v) is 6.51. The third kappa shape index (κ3) is 4.24. The van der Waals surface area contributed by atoms with Crippen molar-refractivity contribution in [2.45, 2.75) is 12.6 Å². The molecule has 0 aliphatic heterocycles. The van der Waals surface area contributed by atoms with Crippen LogP contribution in [0.1, 0.15) is 17.2 Å². The first-order chi connectivity index (χ1) is 10.1. The van der Waals surface area contributed by atoms with Gasteiger partial charge in [0.25, 0.3) is 0 Å². The molecule has 0 heterocycles. The highest BCUT2D eigenvalue weighted by Gasteiger charge is 2.10. The Morgan fingerprint density at radius 1 is 1.10 bits per heavy atom. The fraction of sp³-hybridized carbons (Fsp3) is 0.250. The molecule has 0 fully saturated rings. The van der Waals surface area contributed by atoms with Crippen molar-refractivity contribution in [1.29, 1.82) is 0 Å². The zero-order valence-corrected chi connectivity index (χ0v) is 11.7. The molecule has 3 nitrogen and oxygen atoms in total. The highest BCUT2D eigenvalue weighted by atomic mass is 19.2. The lowest BCUT2D eigenvalue weighted by molar-refractivity contribution is 0.184. The molecule has 0 saturated carbocycles. The zero-order valence-electron chi connectivity index (χ0n) is 11.7. The lowest BCUT2D eigenvalue weighted by Gasteiger charge is -2.14. The van der Waals surface area contributed by atoms with Gasteiger partial charge >= 0.3 is 0 Å². The van der Waals surface area contributed by atoms with E-state index in [1.54, 1.807) is 13.2 Å². The van der Waals surface area contributed by atoms with Crippen LogP contribution in [-0.2, 0) is 11.3 Å². The van der Waals surface area contributed by atoms with E-state index >= 15 is 0 Å². The van der Waals surface area contributed by atoms with Crippen molar-refractivity contribution in [2.75, 3.05) is 13.7 Å². The van der Waals surface area contributed by atoms with Crippen molar-refractivity contribution in [2.24, 2.45) is 5.73 Å². The molecular formula is C16H17F2NO2. The molecule has 0 radical (unpaired) electrons. The van der Waals surface area contributed by atoms with E-state index < -0.39 is 17.7 Å². The largest absolute Gasteiger partial charge is 0.492 e. The van der Waals surface area contributed by atoms with Gasteiger partial charge in [-0.15, -0.1) is 0 Å². The van der Waals surface area contributed by atoms with Gasteiger partial charge < -0.3 is 15.2 Å². The minimum absolute atomic E-state index is 0.168. The van der Waals surface area contributed by atoms with E-state index in [0.29, 0.717) is 17.9 Å². The van der Waals surface area contributed by atoms with Crippen molar-refractivity contribution in [3.8, 4) is 5.75 Å². The Bertz CT molecular complexity index is 605. The molecular weight excluding hydrogens is 276 g/mol. The summed E-state index contributed by atoms with van der Waals surface area (Å²) in [5.41, 5.74) is 7.39. The monoisotopic (exact) mass is 293 g/mol. The highest BCUT2D eigenvalue weighted by Crippen LogP contribution is 2.18. The summed E-state index contributed by atoms with van der Waals surface area (Å²) in [5.74, 6) is -1.15. The first-order valence-electron chi connectivity index (χ1n) is 6.51. The van der Waals surface area contributed by atoms with Gasteiger partial charge in [-0.25, -0.2) is 8.78 Å². The summed E-state index contributed by atoms with van der Waals surface area (Å²) in [4.78, 5) is 0. The molecule has 1 atom stereocenters. The summed E-state index contributed by atoms with van der Waals surface area (Å²) >= 11 is 0. The molecule has 0 bridgehead atoms. The third-order valence-electron chi connectivity index (χ3n) is 3.01. The molecule has 112 valence electrons. The number of hydrogen-bond donors (Lipinski definition) is 1. The van der Waals surface area contributed by atoms with Crippen molar-refractivity contribution < 1.29 is 18.3 Å². The predicted octanol–water partition coefficient (Wildman–Crippen LogP) is 3.19. The molecule has 0 aromatic heterocycles. The molecule has 2 N–H and O–H groups in total. The summed E-state index contributed by atoms with van der Waals surface area (Å²) in [6.07, 6.45) is 0. The van der Waals surface area contributed by atoms with E-state index in [2.05, 4.69) is 0 Å². The van der Waals surface area contributed by atoms with Crippen LogP contribution in [0.25, 0.3) is 0 Å². The second-order valence-electron chi connectivity index (χ2n) is 4.67. The Labute approximate surface area is 122 Å². The maximum atomic E-state index is 13.2. The fourth-order valence-electron chi connectivity index (χ4n) is 1.92. The van der Waals surface area contributed by atoms with E-state index in [9.17, 15) is 8.78 Å². The SMILES string of the molecule is COCc1cccc(OCC(N)c2ccc(F)c(F)c2)c1. The molecule has 0 saturated heterocycles. The lowest BCUT2D eigenvalue weighted by Crippen LogP contribution is -2.19. The number of methoxy groups -OCH3 is 1. The van der Waals surface area contributed by atoms with Gasteiger partial charge in [-0.1, -0.05) is 18.2 Å². The van der Waals surface area contributed by atoms with Crippen molar-refractivity contribution >= 4 is 0 Å². The predicted molar refractivity (Wildman–Crippen MR) is 75.9 cm³/mol. The Balaban J connectivity index is 1.98. The van der Waals surface area contributed by atoms with Crippen LogP contribution in [0, 0.1) is 11.6 Å². The first kappa shape index (κ1) is 15.4. The van der Waals surface area contributed by atoms with Crippen LogP contribution in [0.15, 0.2) is 42.5 Å². The average molecular weight is 293 g/mol. The quantitative estimate of drug-likeness (QED) is 0.889. The summed E-state index contributed by atoms with van der Waals surface area (Å²) in [5, 5.41) is 0. The number of ether oxygens (including phenoxy) is 2. The maximum Gasteiger partial charge on any atom is 0.159 e. The normalized spacial score (nSPS) is 12.2. The van der Waals surface area contributed by atoms with E-state index in [-0.39, 0.29) is 6.61 Å². The molecule has 2 rings (SSSR count). The van der Waals surface area contributed by atoms with E-state index in [4.69, 9.17) is 15.2 Å². The van der Waals surface area contributed by atoms with Gasteiger partial charge in [0, 0.05) is 7.11 Å². The second kappa shape index (κ2) is 7.15. The van der Waals surface area contributed by atoms with Crippen LogP contribution in [0.3, 0.4) is 0 Å². The zero-order chi connectivity index (χ0) is 15.2. The van der Waals surface area contributed by atoms with Gasteiger partial charge in [0.15, 0.2) is 11.6 Å². The standard InChI is InChI=1S/C16H17F2NO2/c1-20-9-11-3-2-4-13(7-11)21-10-16(19)12-5-6-14(17)15(18)8-12/h2-8,16H,9-10,19H2,1H3. The molecule has 21 heavy (non-hydrogen) atoms. The molecule has 0 aliphatic rings. The van der Waals surface area contributed by atoms with E-state index in [0.717, 1.165) is 17.7 Å². The average Bonchev–Trinajstić information content (AvgIpc) is 2.48. The summed E-state index contributed by atoms with van der Waals surface area (Å²) in [6, 6.07) is 10.5. The van der Waals surface area contributed by atoms with Crippen LogP contribution in [-0.4, -0.2) is 13.7 Å². The molecule has 0 aliphatic carbocycles. The second-order valence-corrected chi connectivity index (χ2v) is 4.67. The number of nitrogens with two attached hydrogens (primary N) is 1. The Morgan fingerprint density at radius 3 is 2.62 bits per heavy atom. The minimum atomic E-state index is -0.912. The van der Waals surface area contributed by atoms with Crippen molar-refractivity contribution in [3.63, 3.8) is 0 Å². The topological polar surface area (TPSA) is 44.5 Å². The number of hydrogen-bond acceptors (Lipinski definition) is 3. The summed E-state index contributed by atoms with van der Waals surface area (Å²) in [7, 11) is 1.62. The lowest BCUT2D eigenvalue weighted by atomic mass is 10.1. The van der Waals surface area contributed by atoms with Gasteiger partial charge in [-0.3, -0.25) is 0 Å². The van der Waals surface area contributed by atoms with Crippen LogP contribution in [0.2, 0.25) is 0 Å². The summed E-state index contributed by atoms with van der Waals surface area (Å²) < 4.78 is 36.7. The third-order valence-corrected chi connectivity index (χ3v) is 3.01. The minimum Gasteiger partial charge on any atom is -0.492 e. The van der Waals surface area contributed by atoms with Gasteiger partial charge in [0.05, 0.1) is 12.6 Å². The van der Waals surface area contributed by atoms with Crippen molar-refractivity contribution in [1.82, 2.24) is 0 Å². The summed E-state index contributed by atoms with van der Waals surface area (Å²) in [6.45, 7) is 0.661. The Kier molecular flexibility index (Phi) is 5.25. The number of benzene rings is 2. The van der Waals surface area contributed by atoms with Crippen LogP contribution < -0.4 is 10.5 Å². The van der Waals surface area contributed by atoms with Gasteiger partial charge in [0.1, 0.15) is 12.4 Å². The van der Waals surface area contributed by atoms with Crippen LogP contribution in [0.5, 0.6) is 5.75 Å². The van der Waals surface area contributed by atoms with Gasteiger partial charge in [-0.05, 0) is 35.4 Å². The molecule has 0 spiro atoms. The smallest absolute Gasteiger partial charge is 0.159 e. The Morgan fingerprint density at radius 2 is 1.90 bits per heavy atom. The van der Waals surface area contributed by atoms with Gasteiger partial charge in [-0.2, -0.15) is 0 Å². The number of halogens is 2. The van der Waals surface area contributed by atoms with Gasteiger partial charge in [0.2, 0.25) is 0 Å². The fourth-order valence-corrected chi connectivity index (χ4v) is 1.92. The molecule has 0 amide bonds. The molecule has 2 aromatic rings. The van der Waals surface area contributed by atoms with Crippen LogP contribution in [0.4, 0.5) is 8.78 Å². The number of rotatable bonds is 6. The highest BCUT2D eigenvalue weighted by molar-refractivity contribution is 5.28. The van der Waals surface area contributed by atoms with Crippen molar-refractivity contribution in [3.05, 3.63) is 65.2 Å². The van der Waals surface area contributed by atoms with Crippen LogP contribution >= 0.6 is 0 Å². The molecule has 5 heteroatoms. The van der Waals surface area contributed by atoms with E-state index in [1.807, 2.05) is 18.2 Å². The Hall–Kier alpha value is -1.98. The maximum absolute atomic E-state index is 13.2. The molecule has 2 aromatic carbocycles. The molecule has 1 unspecified atom stereocenters.